The molecule has 6 nitrogen and oxygen atoms in total. The molecule has 0 saturated carbocycles. The number of carboxylic acids is 1. The number of carbonyl (C=O) groups is 1. The number of anilines is 1. The van der Waals surface area contributed by atoms with Gasteiger partial charge in [0, 0.05) is 5.56 Å². The van der Waals surface area contributed by atoms with Crippen molar-refractivity contribution in [2.45, 2.75) is 20.3 Å². The minimum atomic E-state index is -1.12. The summed E-state index contributed by atoms with van der Waals surface area (Å²) in [6, 6.07) is 0. The fourth-order valence-electron chi connectivity index (χ4n) is 1.42. The Morgan fingerprint density at radius 1 is 1.50 bits per heavy atom. The van der Waals surface area contributed by atoms with Gasteiger partial charge < -0.3 is 15.6 Å². The van der Waals surface area contributed by atoms with E-state index in [0.717, 1.165) is 0 Å². The SMILES string of the molecule is COc1nc(N)nc(C(=O)O)c1CC(C)C. The third-order valence-electron chi connectivity index (χ3n) is 1.99. The van der Waals surface area contributed by atoms with Crippen LogP contribution >= 0.6 is 0 Å². The summed E-state index contributed by atoms with van der Waals surface area (Å²) < 4.78 is 5.02. The maximum absolute atomic E-state index is 11.0. The van der Waals surface area contributed by atoms with E-state index in [1.807, 2.05) is 13.8 Å². The van der Waals surface area contributed by atoms with Gasteiger partial charge in [-0.25, -0.2) is 9.78 Å². The molecule has 0 bridgehead atoms. The Hall–Kier alpha value is -1.85. The van der Waals surface area contributed by atoms with Gasteiger partial charge in [-0.05, 0) is 12.3 Å². The summed E-state index contributed by atoms with van der Waals surface area (Å²) in [7, 11) is 1.43. The Kier molecular flexibility index (Phi) is 3.65. The van der Waals surface area contributed by atoms with Crippen molar-refractivity contribution in [3.8, 4) is 5.88 Å². The largest absolute Gasteiger partial charge is 0.481 e. The van der Waals surface area contributed by atoms with Crippen LogP contribution in [0.5, 0.6) is 5.88 Å². The van der Waals surface area contributed by atoms with Crippen molar-refractivity contribution < 1.29 is 14.6 Å². The van der Waals surface area contributed by atoms with E-state index in [2.05, 4.69) is 9.97 Å². The molecule has 1 rings (SSSR count). The second kappa shape index (κ2) is 4.78. The number of nitrogens with two attached hydrogens (primary N) is 1. The van der Waals surface area contributed by atoms with Crippen LogP contribution in [0.15, 0.2) is 0 Å². The van der Waals surface area contributed by atoms with Crippen molar-refractivity contribution >= 4 is 11.9 Å². The van der Waals surface area contributed by atoms with Gasteiger partial charge in [-0.3, -0.25) is 0 Å². The van der Waals surface area contributed by atoms with Gasteiger partial charge in [0.2, 0.25) is 11.8 Å². The molecule has 0 radical (unpaired) electrons. The minimum Gasteiger partial charge on any atom is -0.481 e. The number of aromatic nitrogens is 2. The number of hydrogen-bond donors (Lipinski definition) is 2. The van der Waals surface area contributed by atoms with Crippen LogP contribution in [0, 0.1) is 5.92 Å². The van der Waals surface area contributed by atoms with Gasteiger partial charge in [-0.1, -0.05) is 13.8 Å². The summed E-state index contributed by atoms with van der Waals surface area (Å²) in [5, 5.41) is 9.02. The fraction of sp³-hybridized carbons (Fsp3) is 0.500. The van der Waals surface area contributed by atoms with E-state index in [4.69, 9.17) is 15.6 Å². The summed E-state index contributed by atoms with van der Waals surface area (Å²) in [5.41, 5.74) is 5.81. The lowest BCUT2D eigenvalue weighted by molar-refractivity contribution is 0.0688. The third kappa shape index (κ3) is 2.59. The van der Waals surface area contributed by atoms with Gasteiger partial charge in [-0.2, -0.15) is 4.98 Å². The van der Waals surface area contributed by atoms with Gasteiger partial charge in [-0.15, -0.1) is 0 Å². The molecular formula is C10H15N3O3. The van der Waals surface area contributed by atoms with Crippen LogP contribution in [0.1, 0.15) is 29.9 Å². The predicted molar refractivity (Wildman–Crippen MR) is 58.5 cm³/mol. The fourth-order valence-corrected chi connectivity index (χ4v) is 1.42. The second-order valence-electron chi connectivity index (χ2n) is 3.82. The van der Waals surface area contributed by atoms with E-state index in [0.29, 0.717) is 12.0 Å². The van der Waals surface area contributed by atoms with Crippen LogP contribution in [-0.2, 0) is 6.42 Å². The Morgan fingerprint density at radius 3 is 2.56 bits per heavy atom. The number of rotatable bonds is 4. The number of nitrogens with zero attached hydrogens (tertiary/aromatic N) is 2. The number of carboxylic acid groups (broad SMARTS) is 1. The van der Waals surface area contributed by atoms with Gasteiger partial charge in [0.05, 0.1) is 7.11 Å². The van der Waals surface area contributed by atoms with Crippen LogP contribution < -0.4 is 10.5 Å². The van der Waals surface area contributed by atoms with Crippen LogP contribution in [0.25, 0.3) is 0 Å². The summed E-state index contributed by atoms with van der Waals surface area (Å²) >= 11 is 0. The first-order chi connectivity index (χ1) is 7.45. The Morgan fingerprint density at radius 2 is 2.12 bits per heavy atom. The first-order valence-electron chi connectivity index (χ1n) is 4.89. The molecule has 1 aromatic heterocycles. The molecule has 1 aromatic rings. The first-order valence-corrected chi connectivity index (χ1v) is 4.89. The number of hydrogen-bond acceptors (Lipinski definition) is 5. The van der Waals surface area contributed by atoms with E-state index in [9.17, 15) is 4.79 Å². The lowest BCUT2D eigenvalue weighted by Crippen LogP contribution is -2.13. The molecule has 0 atom stereocenters. The van der Waals surface area contributed by atoms with Crippen molar-refractivity contribution in [3.63, 3.8) is 0 Å². The van der Waals surface area contributed by atoms with Crippen molar-refractivity contribution in [2.75, 3.05) is 12.8 Å². The third-order valence-corrected chi connectivity index (χ3v) is 1.99. The molecule has 0 aromatic carbocycles. The highest BCUT2D eigenvalue weighted by molar-refractivity contribution is 5.88. The smallest absolute Gasteiger partial charge is 0.355 e. The minimum absolute atomic E-state index is 0.0851. The second-order valence-corrected chi connectivity index (χ2v) is 3.82. The molecule has 0 saturated heterocycles. The predicted octanol–water partition coefficient (Wildman–Crippen LogP) is 0.964. The molecule has 88 valence electrons. The summed E-state index contributed by atoms with van der Waals surface area (Å²) in [6.45, 7) is 3.95. The molecule has 0 amide bonds. The van der Waals surface area contributed by atoms with Gasteiger partial charge in [0.15, 0.2) is 5.69 Å². The van der Waals surface area contributed by atoms with Gasteiger partial charge in [0.25, 0.3) is 0 Å². The quantitative estimate of drug-likeness (QED) is 0.792. The maximum atomic E-state index is 11.0. The molecule has 1 heterocycles. The summed E-state index contributed by atoms with van der Waals surface area (Å²) in [6.07, 6.45) is 0.533. The lowest BCUT2D eigenvalue weighted by atomic mass is 10.0. The standard InChI is InChI=1S/C10H15N3O3/c1-5(2)4-6-7(9(14)15)12-10(11)13-8(6)16-3/h5H,4H2,1-3H3,(H,14,15)(H2,11,12,13). The first kappa shape index (κ1) is 12.2. The number of methoxy groups -OCH3 is 1. The van der Waals surface area contributed by atoms with Crippen molar-refractivity contribution in [3.05, 3.63) is 11.3 Å². The van der Waals surface area contributed by atoms with Crippen LogP contribution in [0.3, 0.4) is 0 Å². The molecule has 0 aliphatic rings. The van der Waals surface area contributed by atoms with Crippen LogP contribution in [-0.4, -0.2) is 28.2 Å². The van der Waals surface area contributed by atoms with Crippen molar-refractivity contribution in [1.29, 1.82) is 0 Å². The Bertz CT molecular complexity index is 405. The molecule has 3 N–H and O–H groups in total. The monoisotopic (exact) mass is 225 g/mol. The molecule has 0 unspecified atom stereocenters. The summed E-state index contributed by atoms with van der Waals surface area (Å²) in [4.78, 5) is 18.6. The highest BCUT2D eigenvalue weighted by Gasteiger charge is 2.20. The highest BCUT2D eigenvalue weighted by atomic mass is 16.5. The number of ether oxygens (including phenoxy) is 1. The zero-order valence-corrected chi connectivity index (χ0v) is 9.52. The molecule has 0 spiro atoms. The molecule has 0 aliphatic carbocycles. The Balaban J connectivity index is 3.33. The molecule has 16 heavy (non-hydrogen) atoms. The zero-order chi connectivity index (χ0) is 12.3. The zero-order valence-electron chi connectivity index (χ0n) is 9.52. The number of nitrogen functional groups attached to an aromatic ring is 1. The van der Waals surface area contributed by atoms with E-state index >= 15 is 0 Å². The topological polar surface area (TPSA) is 98.3 Å². The van der Waals surface area contributed by atoms with E-state index < -0.39 is 5.97 Å². The normalized spacial score (nSPS) is 10.5. The van der Waals surface area contributed by atoms with Crippen molar-refractivity contribution in [2.24, 2.45) is 5.92 Å². The van der Waals surface area contributed by atoms with E-state index in [-0.39, 0.29) is 23.4 Å². The Labute approximate surface area is 93.5 Å². The highest BCUT2D eigenvalue weighted by Crippen LogP contribution is 2.23. The van der Waals surface area contributed by atoms with Gasteiger partial charge >= 0.3 is 5.97 Å². The average Bonchev–Trinajstić information content (AvgIpc) is 2.19. The van der Waals surface area contributed by atoms with E-state index in [1.54, 1.807) is 0 Å². The van der Waals surface area contributed by atoms with Crippen LogP contribution in [0.2, 0.25) is 0 Å². The molecule has 0 aliphatic heterocycles. The maximum Gasteiger partial charge on any atom is 0.355 e. The van der Waals surface area contributed by atoms with E-state index in [1.165, 1.54) is 7.11 Å². The number of aromatic carboxylic acids is 1. The lowest BCUT2D eigenvalue weighted by Gasteiger charge is -2.12. The summed E-state index contributed by atoms with van der Waals surface area (Å²) in [5.74, 6) is -0.706. The van der Waals surface area contributed by atoms with Crippen LogP contribution in [0.4, 0.5) is 5.95 Å². The van der Waals surface area contributed by atoms with Gasteiger partial charge in [0.1, 0.15) is 0 Å². The average molecular weight is 225 g/mol. The molecular weight excluding hydrogens is 210 g/mol. The van der Waals surface area contributed by atoms with Crippen molar-refractivity contribution in [1.82, 2.24) is 9.97 Å². The molecule has 6 heteroatoms. The molecule has 0 fully saturated rings.